The van der Waals surface area contributed by atoms with E-state index in [0.29, 0.717) is 0 Å². The Morgan fingerprint density at radius 2 is 0.925 bits per heavy atom. The molecule has 0 fully saturated rings. The van der Waals surface area contributed by atoms with Crippen molar-refractivity contribution >= 4 is 0 Å². The van der Waals surface area contributed by atoms with E-state index in [-0.39, 0.29) is 0 Å². The third-order valence-electron chi connectivity index (χ3n) is 8.84. The molecule has 0 heterocycles. The first-order valence-electron chi connectivity index (χ1n) is 14.5. The van der Waals surface area contributed by atoms with Crippen LogP contribution in [-0.2, 0) is 0 Å². The molecule has 5 aromatic carbocycles. The smallest absolute Gasteiger partial charge is 0.00206 e. The summed E-state index contributed by atoms with van der Waals surface area (Å²) >= 11 is 0. The van der Waals surface area contributed by atoms with E-state index in [1.807, 2.05) is 0 Å². The highest BCUT2D eigenvalue weighted by molar-refractivity contribution is 6.03. The van der Waals surface area contributed by atoms with Gasteiger partial charge in [0.2, 0.25) is 0 Å². The lowest BCUT2D eigenvalue weighted by Gasteiger charge is -2.28. The molecule has 0 aliphatic carbocycles. The Bertz CT molecular complexity index is 1760. The maximum absolute atomic E-state index is 2.39. The molecule has 0 bridgehead atoms. The Labute approximate surface area is 241 Å². The van der Waals surface area contributed by atoms with Gasteiger partial charge in [-0.15, -0.1) is 0 Å². The second-order valence-corrected chi connectivity index (χ2v) is 12.0. The molecule has 0 spiro atoms. The van der Waals surface area contributed by atoms with E-state index in [1.165, 1.54) is 100 Å². The molecule has 0 amide bonds. The summed E-state index contributed by atoms with van der Waals surface area (Å²) in [7, 11) is 0. The van der Waals surface area contributed by atoms with Crippen molar-refractivity contribution in [3.8, 4) is 44.5 Å². The van der Waals surface area contributed by atoms with Gasteiger partial charge in [-0.1, -0.05) is 83.9 Å². The fourth-order valence-corrected chi connectivity index (χ4v) is 6.58. The van der Waals surface area contributed by atoms with Crippen LogP contribution in [0.5, 0.6) is 0 Å². The lowest BCUT2D eigenvalue weighted by molar-refractivity contribution is 1.29. The SMILES string of the molecule is Cc1ccc(-c2c(C)c(-c3cc(C)ccc3C)c(C)c(-c3c(C)cccc3C)c2-c2ccc(C)c(C)c2)c(C)c1. The monoisotopic (exact) mass is 522 g/mol. The Hall–Kier alpha value is -3.90. The molecule has 0 N–H and O–H groups in total. The predicted octanol–water partition coefficient (Wildman–Crippen LogP) is 11.4. The zero-order valence-corrected chi connectivity index (χ0v) is 25.9. The van der Waals surface area contributed by atoms with Gasteiger partial charge >= 0.3 is 0 Å². The van der Waals surface area contributed by atoms with Crippen molar-refractivity contribution in [1.82, 2.24) is 0 Å². The van der Waals surface area contributed by atoms with Crippen LogP contribution in [0.3, 0.4) is 0 Å². The Morgan fingerprint density at radius 1 is 0.325 bits per heavy atom. The summed E-state index contributed by atoms with van der Waals surface area (Å²) in [5, 5.41) is 0. The molecular weight excluding hydrogens is 480 g/mol. The van der Waals surface area contributed by atoms with E-state index < -0.39 is 0 Å². The molecule has 0 saturated heterocycles. The van der Waals surface area contributed by atoms with Gasteiger partial charge in [0, 0.05) is 0 Å². The minimum atomic E-state index is 1.29. The van der Waals surface area contributed by atoms with E-state index in [2.05, 4.69) is 142 Å². The summed E-state index contributed by atoms with van der Waals surface area (Å²) in [4.78, 5) is 0. The summed E-state index contributed by atoms with van der Waals surface area (Å²) in [5.74, 6) is 0. The van der Waals surface area contributed by atoms with Crippen LogP contribution in [0.2, 0.25) is 0 Å². The Balaban J connectivity index is 2.09. The molecule has 202 valence electrons. The molecule has 0 nitrogen and oxygen atoms in total. The summed E-state index contributed by atoms with van der Waals surface area (Å²) in [5.41, 5.74) is 23.9. The van der Waals surface area contributed by atoms with Crippen molar-refractivity contribution in [2.24, 2.45) is 0 Å². The van der Waals surface area contributed by atoms with Crippen molar-refractivity contribution in [3.63, 3.8) is 0 Å². The third-order valence-corrected chi connectivity index (χ3v) is 8.84. The highest BCUT2D eigenvalue weighted by Gasteiger charge is 2.26. The van der Waals surface area contributed by atoms with Gasteiger partial charge in [-0.3, -0.25) is 0 Å². The van der Waals surface area contributed by atoms with Crippen LogP contribution in [-0.4, -0.2) is 0 Å². The first-order valence-corrected chi connectivity index (χ1v) is 14.5. The van der Waals surface area contributed by atoms with Crippen LogP contribution in [0.4, 0.5) is 0 Å². The van der Waals surface area contributed by atoms with Crippen LogP contribution < -0.4 is 0 Å². The molecular formula is C40H42. The lowest BCUT2D eigenvalue weighted by Crippen LogP contribution is -2.04. The van der Waals surface area contributed by atoms with Crippen molar-refractivity contribution in [2.45, 2.75) is 69.2 Å². The molecule has 0 aromatic heterocycles. The normalized spacial score (nSPS) is 11.2. The van der Waals surface area contributed by atoms with E-state index in [9.17, 15) is 0 Å². The van der Waals surface area contributed by atoms with Crippen LogP contribution in [0.25, 0.3) is 44.5 Å². The zero-order chi connectivity index (χ0) is 28.9. The maximum Gasteiger partial charge on any atom is -0.00206 e. The van der Waals surface area contributed by atoms with E-state index in [1.54, 1.807) is 0 Å². The number of hydrogen-bond acceptors (Lipinski definition) is 0. The second-order valence-electron chi connectivity index (χ2n) is 12.0. The average Bonchev–Trinajstić information content (AvgIpc) is 2.89. The van der Waals surface area contributed by atoms with Crippen LogP contribution >= 0.6 is 0 Å². The minimum absolute atomic E-state index is 1.29. The molecule has 0 saturated carbocycles. The number of benzene rings is 5. The number of rotatable bonds is 4. The first-order chi connectivity index (χ1) is 19.0. The van der Waals surface area contributed by atoms with Crippen molar-refractivity contribution in [1.29, 1.82) is 0 Å². The largest absolute Gasteiger partial charge is 0.0617 e. The quantitative estimate of drug-likeness (QED) is 0.220. The summed E-state index contributed by atoms with van der Waals surface area (Å²) < 4.78 is 0. The van der Waals surface area contributed by atoms with Crippen molar-refractivity contribution < 1.29 is 0 Å². The highest BCUT2D eigenvalue weighted by Crippen LogP contribution is 2.51. The van der Waals surface area contributed by atoms with Gasteiger partial charge < -0.3 is 0 Å². The average molecular weight is 523 g/mol. The topological polar surface area (TPSA) is 0 Å². The minimum Gasteiger partial charge on any atom is -0.0617 e. The second kappa shape index (κ2) is 10.6. The molecule has 0 aliphatic rings. The Kier molecular flexibility index (Phi) is 7.32. The first kappa shape index (κ1) is 27.7. The van der Waals surface area contributed by atoms with Crippen LogP contribution in [0.1, 0.15) is 55.6 Å². The molecule has 5 rings (SSSR count). The Morgan fingerprint density at radius 3 is 1.57 bits per heavy atom. The highest BCUT2D eigenvalue weighted by atomic mass is 14.3. The third kappa shape index (κ3) is 4.71. The maximum atomic E-state index is 2.39. The van der Waals surface area contributed by atoms with Crippen LogP contribution in [0, 0.1) is 69.2 Å². The molecule has 0 radical (unpaired) electrons. The predicted molar refractivity (Wildman–Crippen MR) is 176 cm³/mol. The van der Waals surface area contributed by atoms with E-state index in [0.717, 1.165) is 0 Å². The molecule has 0 aliphatic heterocycles. The van der Waals surface area contributed by atoms with Gasteiger partial charge in [0.05, 0.1) is 0 Å². The zero-order valence-electron chi connectivity index (χ0n) is 25.9. The summed E-state index contributed by atoms with van der Waals surface area (Å²) in [6, 6.07) is 27.5. The molecule has 0 heteroatoms. The van der Waals surface area contributed by atoms with E-state index >= 15 is 0 Å². The summed E-state index contributed by atoms with van der Waals surface area (Å²) in [6.07, 6.45) is 0. The lowest BCUT2D eigenvalue weighted by atomic mass is 9.75. The van der Waals surface area contributed by atoms with Crippen LogP contribution in [0.15, 0.2) is 72.8 Å². The standard InChI is InChI=1S/C40H42/c1-23-15-19-34(30(8)20-23)38-31(9)37(35-21-24(2)14-16-26(35)4)32(10)39(36-27(5)12-11-13-28(36)6)40(38)33-18-17-25(3)29(7)22-33/h11-22H,1-10H3. The van der Waals surface area contributed by atoms with Gasteiger partial charge in [-0.05, 0) is 158 Å². The fraction of sp³-hybridized carbons (Fsp3) is 0.250. The van der Waals surface area contributed by atoms with Gasteiger partial charge in [0.1, 0.15) is 0 Å². The van der Waals surface area contributed by atoms with E-state index in [4.69, 9.17) is 0 Å². The van der Waals surface area contributed by atoms with Gasteiger partial charge in [-0.25, -0.2) is 0 Å². The molecule has 0 atom stereocenters. The van der Waals surface area contributed by atoms with Gasteiger partial charge in [0.15, 0.2) is 0 Å². The molecule has 40 heavy (non-hydrogen) atoms. The van der Waals surface area contributed by atoms with Crippen molar-refractivity contribution in [3.05, 3.63) is 128 Å². The van der Waals surface area contributed by atoms with Gasteiger partial charge in [0.25, 0.3) is 0 Å². The summed E-state index contributed by atoms with van der Waals surface area (Å²) in [6.45, 7) is 22.6. The number of aryl methyl sites for hydroxylation is 8. The fourth-order valence-electron chi connectivity index (χ4n) is 6.58. The molecule has 5 aromatic rings. The van der Waals surface area contributed by atoms with Crippen molar-refractivity contribution in [2.75, 3.05) is 0 Å². The van der Waals surface area contributed by atoms with Gasteiger partial charge in [-0.2, -0.15) is 0 Å². The number of hydrogen-bond donors (Lipinski definition) is 0. The molecule has 0 unspecified atom stereocenters.